The predicted molar refractivity (Wildman–Crippen MR) is 33.5 cm³/mol. The minimum Gasteiger partial charge on any atom is -0.394 e. The zero-order chi connectivity index (χ0) is 8.43. The fourth-order valence-corrected chi connectivity index (χ4v) is 1.05. The largest absolute Gasteiger partial charge is 0.394 e. The number of hydrogen-bond acceptors (Lipinski definition) is 4. The van der Waals surface area contributed by atoms with Crippen LogP contribution in [0.3, 0.4) is 0 Å². The van der Waals surface area contributed by atoms with Gasteiger partial charge in [-0.25, -0.2) is 4.39 Å². The Morgan fingerprint density at radius 3 is 2.64 bits per heavy atom. The van der Waals surface area contributed by atoms with Crippen LogP contribution in [0.5, 0.6) is 0 Å². The van der Waals surface area contributed by atoms with Crippen molar-refractivity contribution in [1.29, 1.82) is 0 Å². The van der Waals surface area contributed by atoms with E-state index in [1.54, 1.807) is 0 Å². The van der Waals surface area contributed by atoms with Gasteiger partial charge in [0.25, 0.3) is 0 Å². The summed E-state index contributed by atoms with van der Waals surface area (Å²) < 4.78 is 17.3. The molecule has 3 N–H and O–H groups in total. The molecule has 11 heavy (non-hydrogen) atoms. The van der Waals surface area contributed by atoms with Crippen molar-refractivity contribution in [1.82, 2.24) is 0 Å². The SMILES string of the molecule is OC[C@H]1O[C@H](O)C[C@H](F)[C@@H]1O. The molecule has 1 aliphatic heterocycles. The van der Waals surface area contributed by atoms with Crippen LogP contribution in [-0.2, 0) is 4.74 Å². The lowest BCUT2D eigenvalue weighted by molar-refractivity contribution is -0.228. The Balaban J connectivity index is 2.51. The Kier molecular flexibility index (Phi) is 2.78. The molecule has 0 saturated carbocycles. The van der Waals surface area contributed by atoms with Crippen LogP contribution in [0.1, 0.15) is 6.42 Å². The Bertz CT molecular complexity index is 132. The average molecular weight is 166 g/mol. The van der Waals surface area contributed by atoms with Crippen LogP contribution in [0.15, 0.2) is 0 Å². The number of aliphatic hydroxyl groups excluding tert-OH is 3. The van der Waals surface area contributed by atoms with Gasteiger partial charge in [0.2, 0.25) is 0 Å². The zero-order valence-corrected chi connectivity index (χ0v) is 5.85. The molecule has 1 rings (SSSR count). The molecule has 0 radical (unpaired) electrons. The van der Waals surface area contributed by atoms with Crippen molar-refractivity contribution in [2.24, 2.45) is 0 Å². The van der Waals surface area contributed by atoms with Crippen LogP contribution >= 0.6 is 0 Å². The van der Waals surface area contributed by atoms with E-state index in [1.807, 2.05) is 0 Å². The van der Waals surface area contributed by atoms with E-state index in [0.29, 0.717) is 0 Å². The molecule has 0 aromatic carbocycles. The van der Waals surface area contributed by atoms with Gasteiger partial charge in [0.05, 0.1) is 6.61 Å². The maximum atomic E-state index is 12.7. The summed E-state index contributed by atoms with van der Waals surface area (Å²) in [4.78, 5) is 0. The van der Waals surface area contributed by atoms with Gasteiger partial charge in [-0.05, 0) is 0 Å². The second kappa shape index (κ2) is 3.44. The third kappa shape index (κ3) is 1.87. The van der Waals surface area contributed by atoms with Crippen LogP contribution in [0, 0.1) is 0 Å². The molecule has 1 fully saturated rings. The highest BCUT2D eigenvalue weighted by Gasteiger charge is 2.36. The minimum absolute atomic E-state index is 0.238. The standard InChI is InChI=1S/C6H11FO4/c7-3-1-5(9)11-4(2-8)6(3)10/h3-6,8-10H,1-2H2/t3-,4+,5-,6-/m0/s1. The molecule has 0 aromatic heterocycles. The number of hydrogen-bond donors (Lipinski definition) is 3. The molecule has 1 saturated heterocycles. The number of ether oxygens (including phenoxy) is 1. The summed E-state index contributed by atoms with van der Waals surface area (Å²) >= 11 is 0. The van der Waals surface area contributed by atoms with Crippen molar-refractivity contribution in [3.63, 3.8) is 0 Å². The average Bonchev–Trinajstić information content (AvgIpc) is 1.96. The third-order valence-corrected chi connectivity index (χ3v) is 1.69. The van der Waals surface area contributed by atoms with Gasteiger partial charge in [-0.1, -0.05) is 0 Å². The first kappa shape index (κ1) is 8.86. The molecule has 0 aromatic rings. The highest BCUT2D eigenvalue weighted by atomic mass is 19.1. The molecule has 0 bridgehead atoms. The molecule has 0 amide bonds. The lowest BCUT2D eigenvalue weighted by Gasteiger charge is -2.32. The van der Waals surface area contributed by atoms with E-state index < -0.39 is 31.3 Å². The normalized spacial score (nSPS) is 45.8. The van der Waals surface area contributed by atoms with Crippen LogP contribution < -0.4 is 0 Å². The molecule has 4 nitrogen and oxygen atoms in total. The Labute approximate surface area is 63.2 Å². The molecule has 5 heteroatoms. The van der Waals surface area contributed by atoms with Gasteiger partial charge in [-0.3, -0.25) is 0 Å². The molecular weight excluding hydrogens is 155 g/mol. The maximum absolute atomic E-state index is 12.7. The van der Waals surface area contributed by atoms with Crippen molar-refractivity contribution in [3.05, 3.63) is 0 Å². The van der Waals surface area contributed by atoms with E-state index in [1.165, 1.54) is 0 Å². The highest BCUT2D eigenvalue weighted by Crippen LogP contribution is 2.20. The van der Waals surface area contributed by atoms with Crippen LogP contribution in [-0.4, -0.2) is 46.6 Å². The highest BCUT2D eigenvalue weighted by molar-refractivity contribution is 4.81. The number of aliphatic hydroxyl groups is 3. The minimum atomic E-state index is -1.52. The topological polar surface area (TPSA) is 69.9 Å². The fourth-order valence-electron chi connectivity index (χ4n) is 1.05. The molecule has 1 heterocycles. The van der Waals surface area contributed by atoms with E-state index in [0.717, 1.165) is 0 Å². The second-order valence-corrected chi connectivity index (χ2v) is 2.55. The van der Waals surface area contributed by atoms with E-state index >= 15 is 0 Å². The van der Waals surface area contributed by atoms with Crippen LogP contribution in [0.2, 0.25) is 0 Å². The first-order valence-corrected chi connectivity index (χ1v) is 3.41. The molecular formula is C6H11FO4. The maximum Gasteiger partial charge on any atom is 0.158 e. The van der Waals surface area contributed by atoms with Gasteiger partial charge in [0, 0.05) is 6.42 Å². The lowest BCUT2D eigenvalue weighted by Crippen LogP contribution is -2.48. The Morgan fingerprint density at radius 1 is 1.45 bits per heavy atom. The van der Waals surface area contributed by atoms with Gasteiger partial charge in [0.1, 0.15) is 18.4 Å². The quantitative estimate of drug-likeness (QED) is 0.457. The van der Waals surface area contributed by atoms with Gasteiger partial charge < -0.3 is 20.1 Å². The third-order valence-electron chi connectivity index (χ3n) is 1.69. The number of rotatable bonds is 1. The van der Waals surface area contributed by atoms with Crippen LogP contribution in [0.4, 0.5) is 4.39 Å². The van der Waals surface area contributed by atoms with Gasteiger partial charge in [-0.2, -0.15) is 0 Å². The van der Waals surface area contributed by atoms with Gasteiger partial charge in [-0.15, -0.1) is 0 Å². The van der Waals surface area contributed by atoms with Gasteiger partial charge >= 0.3 is 0 Å². The van der Waals surface area contributed by atoms with Crippen molar-refractivity contribution in [2.45, 2.75) is 31.1 Å². The molecule has 0 unspecified atom stereocenters. The van der Waals surface area contributed by atoms with E-state index in [2.05, 4.69) is 4.74 Å². The second-order valence-electron chi connectivity index (χ2n) is 2.55. The lowest BCUT2D eigenvalue weighted by atomic mass is 10.0. The number of alkyl halides is 1. The van der Waals surface area contributed by atoms with E-state index in [4.69, 9.17) is 15.3 Å². The summed E-state index contributed by atoms with van der Waals surface area (Å²) in [7, 11) is 0. The Morgan fingerprint density at radius 2 is 2.09 bits per heavy atom. The van der Waals surface area contributed by atoms with E-state index in [-0.39, 0.29) is 6.42 Å². The number of halogens is 1. The molecule has 66 valence electrons. The van der Waals surface area contributed by atoms with Crippen molar-refractivity contribution in [2.75, 3.05) is 6.61 Å². The first-order chi connectivity index (χ1) is 5.15. The van der Waals surface area contributed by atoms with Crippen molar-refractivity contribution >= 4 is 0 Å². The monoisotopic (exact) mass is 166 g/mol. The van der Waals surface area contributed by atoms with Crippen LogP contribution in [0.25, 0.3) is 0 Å². The van der Waals surface area contributed by atoms with Gasteiger partial charge in [0.15, 0.2) is 6.29 Å². The summed E-state index contributed by atoms with van der Waals surface area (Å²) in [6.07, 6.45) is -5.31. The smallest absolute Gasteiger partial charge is 0.158 e. The van der Waals surface area contributed by atoms with Crippen molar-refractivity contribution in [3.8, 4) is 0 Å². The predicted octanol–water partition coefficient (Wildman–Crippen LogP) is -1.22. The molecule has 4 atom stereocenters. The van der Waals surface area contributed by atoms with E-state index in [9.17, 15) is 4.39 Å². The molecule has 0 spiro atoms. The summed E-state index contributed by atoms with van der Waals surface area (Å²) in [5.41, 5.74) is 0. The summed E-state index contributed by atoms with van der Waals surface area (Å²) in [5, 5.41) is 26.3. The summed E-state index contributed by atoms with van der Waals surface area (Å²) in [6.45, 7) is -0.487. The molecule has 1 aliphatic rings. The molecule has 0 aliphatic carbocycles. The zero-order valence-electron chi connectivity index (χ0n) is 5.85. The first-order valence-electron chi connectivity index (χ1n) is 3.41. The summed E-state index contributed by atoms with van der Waals surface area (Å²) in [6, 6.07) is 0. The summed E-state index contributed by atoms with van der Waals surface area (Å²) in [5.74, 6) is 0. The fraction of sp³-hybridized carbons (Fsp3) is 1.00. The Hall–Kier alpha value is -0.230. The van der Waals surface area contributed by atoms with Crippen molar-refractivity contribution < 1.29 is 24.4 Å².